The van der Waals surface area contributed by atoms with Crippen molar-refractivity contribution in [3.05, 3.63) is 59.7 Å². The summed E-state index contributed by atoms with van der Waals surface area (Å²) < 4.78 is 6.50. The molecule has 0 unspecified atom stereocenters. The number of hydrogen-bond acceptors (Lipinski definition) is 3. The SMILES string of the molecule is CC(=O)Nc1cccc(O[C@H]2c3ccccc3C[C@@H]2N2CCCCC2)c1. The number of nitrogens with zero attached hydrogens (tertiary/aromatic N) is 1. The maximum absolute atomic E-state index is 11.3. The summed E-state index contributed by atoms with van der Waals surface area (Å²) in [6.45, 7) is 3.84. The standard InChI is InChI=1S/C22H26N2O2/c1-16(25)23-18-9-7-10-19(15-18)26-22-20-11-4-3-8-17(20)14-21(22)24-12-5-2-6-13-24/h3-4,7-11,15,21-22H,2,5-6,12-14H2,1H3,(H,23,25)/t21-,22-/m0/s1. The van der Waals surface area contributed by atoms with E-state index < -0.39 is 0 Å². The average Bonchev–Trinajstić information content (AvgIpc) is 3.01. The van der Waals surface area contributed by atoms with Crippen molar-refractivity contribution >= 4 is 11.6 Å². The number of ether oxygens (including phenoxy) is 1. The van der Waals surface area contributed by atoms with E-state index in [-0.39, 0.29) is 12.0 Å². The topological polar surface area (TPSA) is 41.6 Å². The van der Waals surface area contributed by atoms with Gasteiger partial charge in [0.2, 0.25) is 5.91 Å². The summed E-state index contributed by atoms with van der Waals surface area (Å²) in [7, 11) is 0. The van der Waals surface area contributed by atoms with Crippen molar-refractivity contribution in [1.82, 2.24) is 4.90 Å². The molecule has 0 spiro atoms. The summed E-state index contributed by atoms with van der Waals surface area (Å²) in [5, 5.41) is 2.83. The lowest BCUT2D eigenvalue weighted by Gasteiger charge is -2.35. The van der Waals surface area contributed by atoms with Gasteiger partial charge in [0.25, 0.3) is 0 Å². The number of rotatable bonds is 4. The number of amides is 1. The Bertz CT molecular complexity index is 783. The lowest BCUT2D eigenvalue weighted by atomic mass is 10.0. The van der Waals surface area contributed by atoms with Gasteiger partial charge in [-0.15, -0.1) is 0 Å². The molecule has 136 valence electrons. The van der Waals surface area contributed by atoms with Gasteiger partial charge >= 0.3 is 0 Å². The van der Waals surface area contributed by atoms with E-state index in [4.69, 9.17) is 4.74 Å². The van der Waals surface area contributed by atoms with Crippen LogP contribution in [0.15, 0.2) is 48.5 Å². The maximum Gasteiger partial charge on any atom is 0.221 e. The van der Waals surface area contributed by atoms with Gasteiger partial charge in [0, 0.05) is 18.7 Å². The van der Waals surface area contributed by atoms with E-state index in [1.54, 1.807) is 0 Å². The minimum Gasteiger partial charge on any atom is -0.484 e. The van der Waals surface area contributed by atoms with Gasteiger partial charge in [-0.3, -0.25) is 9.69 Å². The van der Waals surface area contributed by atoms with Crippen LogP contribution in [0.5, 0.6) is 5.75 Å². The molecule has 1 amide bonds. The zero-order valence-corrected chi connectivity index (χ0v) is 15.3. The number of piperidine rings is 1. The van der Waals surface area contributed by atoms with Crippen molar-refractivity contribution in [1.29, 1.82) is 0 Å². The Morgan fingerprint density at radius 3 is 2.69 bits per heavy atom. The maximum atomic E-state index is 11.3. The predicted octanol–water partition coefficient (Wildman–Crippen LogP) is 4.18. The molecule has 4 heteroatoms. The molecule has 1 saturated heterocycles. The van der Waals surface area contributed by atoms with E-state index in [0.717, 1.165) is 30.9 Å². The summed E-state index contributed by atoms with van der Waals surface area (Å²) in [6, 6.07) is 16.7. The van der Waals surface area contributed by atoms with E-state index in [1.807, 2.05) is 24.3 Å². The highest BCUT2D eigenvalue weighted by molar-refractivity contribution is 5.88. The van der Waals surface area contributed by atoms with Gasteiger partial charge < -0.3 is 10.1 Å². The number of fused-ring (bicyclic) bond motifs is 1. The second kappa shape index (κ2) is 7.50. The van der Waals surface area contributed by atoms with Crippen LogP contribution in [-0.4, -0.2) is 29.9 Å². The molecule has 1 N–H and O–H groups in total. The largest absolute Gasteiger partial charge is 0.484 e. The van der Waals surface area contributed by atoms with Crippen LogP contribution in [0.1, 0.15) is 43.4 Å². The quantitative estimate of drug-likeness (QED) is 0.899. The molecule has 2 atom stereocenters. The van der Waals surface area contributed by atoms with Gasteiger partial charge in [-0.2, -0.15) is 0 Å². The van der Waals surface area contributed by atoms with Crippen molar-refractivity contribution in [2.24, 2.45) is 0 Å². The number of hydrogen-bond donors (Lipinski definition) is 1. The summed E-state index contributed by atoms with van der Waals surface area (Å²) in [5.41, 5.74) is 3.47. The van der Waals surface area contributed by atoms with Crippen LogP contribution in [0, 0.1) is 0 Å². The molecule has 1 aliphatic carbocycles. The zero-order valence-electron chi connectivity index (χ0n) is 15.3. The molecule has 1 aliphatic heterocycles. The van der Waals surface area contributed by atoms with Gasteiger partial charge in [-0.1, -0.05) is 36.8 Å². The number of carbonyl (C=O) groups is 1. The summed E-state index contributed by atoms with van der Waals surface area (Å²) >= 11 is 0. The Kier molecular flexibility index (Phi) is 4.93. The van der Waals surface area contributed by atoms with E-state index in [9.17, 15) is 4.79 Å². The number of nitrogens with one attached hydrogen (secondary N) is 1. The van der Waals surface area contributed by atoms with Crippen LogP contribution in [0.2, 0.25) is 0 Å². The molecule has 2 aromatic carbocycles. The summed E-state index contributed by atoms with van der Waals surface area (Å²) in [5.74, 6) is 0.736. The molecule has 2 aromatic rings. The first-order valence-corrected chi connectivity index (χ1v) is 9.57. The molecule has 2 aliphatic rings. The average molecular weight is 350 g/mol. The fourth-order valence-electron chi connectivity index (χ4n) is 4.25. The normalized spacial score (nSPS) is 22.7. The van der Waals surface area contributed by atoms with Crippen molar-refractivity contribution < 1.29 is 9.53 Å². The van der Waals surface area contributed by atoms with Crippen LogP contribution in [0.3, 0.4) is 0 Å². The predicted molar refractivity (Wildman–Crippen MR) is 103 cm³/mol. The Morgan fingerprint density at radius 2 is 1.88 bits per heavy atom. The number of carbonyl (C=O) groups excluding carboxylic acids is 1. The third kappa shape index (κ3) is 3.61. The number of benzene rings is 2. The van der Waals surface area contributed by atoms with Gasteiger partial charge in [0.05, 0.1) is 6.04 Å². The highest BCUT2D eigenvalue weighted by Gasteiger charge is 2.38. The molecule has 0 aromatic heterocycles. The minimum absolute atomic E-state index is 0.0388. The van der Waals surface area contributed by atoms with Gasteiger partial charge in [0.15, 0.2) is 0 Å². The summed E-state index contributed by atoms with van der Waals surface area (Å²) in [6.07, 6.45) is 4.97. The van der Waals surface area contributed by atoms with Crippen molar-refractivity contribution in [3.8, 4) is 5.75 Å². The van der Waals surface area contributed by atoms with Crippen LogP contribution < -0.4 is 10.1 Å². The van der Waals surface area contributed by atoms with Crippen LogP contribution in [0.4, 0.5) is 5.69 Å². The van der Waals surface area contributed by atoms with E-state index >= 15 is 0 Å². The monoisotopic (exact) mass is 350 g/mol. The molecular weight excluding hydrogens is 324 g/mol. The lowest BCUT2D eigenvalue weighted by molar-refractivity contribution is -0.114. The first-order chi connectivity index (χ1) is 12.7. The van der Waals surface area contributed by atoms with Crippen molar-refractivity contribution in [3.63, 3.8) is 0 Å². The smallest absolute Gasteiger partial charge is 0.221 e. The van der Waals surface area contributed by atoms with Crippen LogP contribution in [-0.2, 0) is 11.2 Å². The van der Waals surface area contributed by atoms with E-state index in [0.29, 0.717) is 6.04 Å². The van der Waals surface area contributed by atoms with Gasteiger partial charge in [0.1, 0.15) is 11.9 Å². The molecule has 1 heterocycles. The van der Waals surface area contributed by atoms with Crippen LogP contribution >= 0.6 is 0 Å². The molecule has 1 fully saturated rings. The van der Waals surface area contributed by atoms with Gasteiger partial charge in [-0.25, -0.2) is 0 Å². The molecule has 26 heavy (non-hydrogen) atoms. The molecule has 4 nitrogen and oxygen atoms in total. The van der Waals surface area contributed by atoms with Gasteiger partial charge in [-0.05, 0) is 55.6 Å². The van der Waals surface area contributed by atoms with Crippen LogP contribution in [0.25, 0.3) is 0 Å². The fraction of sp³-hybridized carbons (Fsp3) is 0.409. The van der Waals surface area contributed by atoms with Crippen molar-refractivity contribution in [2.75, 3.05) is 18.4 Å². The molecular formula is C22H26N2O2. The first kappa shape index (κ1) is 17.1. The third-order valence-electron chi connectivity index (χ3n) is 5.42. The second-order valence-corrected chi connectivity index (χ2v) is 7.31. The summed E-state index contributed by atoms with van der Waals surface area (Å²) in [4.78, 5) is 13.9. The second-order valence-electron chi connectivity index (χ2n) is 7.31. The number of anilines is 1. The zero-order chi connectivity index (χ0) is 17.9. The molecule has 4 rings (SSSR count). The highest BCUT2D eigenvalue weighted by atomic mass is 16.5. The number of likely N-dealkylation sites (tertiary alicyclic amines) is 1. The lowest BCUT2D eigenvalue weighted by Crippen LogP contribution is -2.43. The Hall–Kier alpha value is -2.33. The minimum atomic E-state index is -0.0699. The highest BCUT2D eigenvalue weighted by Crippen LogP contribution is 2.39. The van der Waals surface area contributed by atoms with E-state index in [2.05, 4.69) is 34.5 Å². The fourth-order valence-corrected chi connectivity index (χ4v) is 4.25. The molecule has 0 bridgehead atoms. The molecule has 0 radical (unpaired) electrons. The van der Waals surface area contributed by atoms with E-state index in [1.165, 1.54) is 37.3 Å². The third-order valence-corrected chi connectivity index (χ3v) is 5.42. The Morgan fingerprint density at radius 1 is 1.08 bits per heavy atom. The Balaban J connectivity index is 1.60. The molecule has 0 saturated carbocycles. The Labute approximate surface area is 155 Å². The van der Waals surface area contributed by atoms with Crippen molar-refractivity contribution in [2.45, 2.75) is 44.8 Å². The first-order valence-electron chi connectivity index (χ1n) is 9.57.